The zero-order valence-corrected chi connectivity index (χ0v) is 17.7. The van der Waals surface area contributed by atoms with Crippen molar-refractivity contribution in [1.29, 1.82) is 0 Å². The van der Waals surface area contributed by atoms with Gasteiger partial charge in [-0.25, -0.2) is 0 Å². The summed E-state index contributed by atoms with van der Waals surface area (Å²) < 4.78 is 17.9. The Labute approximate surface area is 160 Å². The molecule has 0 saturated carbocycles. The number of hydrogen-bond acceptors (Lipinski definition) is 5. The molecule has 0 unspecified atom stereocenters. The van der Waals surface area contributed by atoms with Gasteiger partial charge in [-0.3, -0.25) is 4.90 Å². The molecule has 0 aromatic carbocycles. The molecule has 5 nitrogen and oxygen atoms in total. The van der Waals surface area contributed by atoms with Gasteiger partial charge >= 0.3 is 0 Å². The lowest BCUT2D eigenvalue weighted by molar-refractivity contribution is -0.0499. The Morgan fingerprint density at radius 2 is 1.65 bits per heavy atom. The van der Waals surface area contributed by atoms with Crippen molar-refractivity contribution in [3.8, 4) is 12.0 Å². The molecule has 5 atom stereocenters. The average molecular weight is 367 g/mol. The highest BCUT2D eigenvalue weighted by atomic mass is 16.5. The normalized spacial score (nSPS) is 29.3. The topological polar surface area (TPSA) is 34.2 Å². The summed E-state index contributed by atoms with van der Waals surface area (Å²) in [6.45, 7) is 12.5. The highest BCUT2D eigenvalue weighted by molar-refractivity contribution is 5.13. The molecule has 0 bridgehead atoms. The molecule has 2 aliphatic rings. The molecule has 0 N–H and O–H groups in total. The van der Waals surface area contributed by atoms with Gasteiger partial charge in [-0.15, -0.1) is 0 Å². The number of hydrogen-bond donors (Lipinski definition) is 0. The molecular formula is C21H38N2O3. The number of methoxy groups -OCH3 is 1. The van der Waals surface area contributed by atoms with Gasteiger partial charge in [0.2, 0.25) is 0 Å². The Morgan fingerprint density at radius 3 is 2.19 bits per heavy atom. The summed E-state index contributed by atoms with van der Waals surface area (Å²) in [5.74, 6) is 3.45. The van der Waals surface area contributed by atoms with Crippen LogP contribution in [0.2, 0.25) is 0 Å². The lowest BCUT2D eigenvalue weighted by atomic mass is 10.1. The summed E-state index contributed by atoms with van der Waals surface area (Å²) in [5, 5.41) is 0. The van der Waals surface area contributed by atoms with Gasteiger partial charge < -0.3 is 19.1 Å². The highest BCUT2D eigenvalue weighted by Gasteiger charge is 2.38. The second-order valence-electron chi connectivity index (χ2n) is 8.19. The van der Waals surface area contributed by atoms with Gasteiger partial charge in [0.15, 0.2) is 0 Å². The third-order valence-corrected chi connectivity index (χ3v) is 5.36. The fraction of sp³-hybridized carbons (Fsp3) is 0.905. The lowest BCUT2D eigenvalue weighted by Gasteiger charge is -2.31. The van der Waals surface area contributed by atoms with Gasteiger partial charge in [0, 0.05) is 25.7 Å². The van der Waals surface area contributed by atoms with Crippen molar-refractivity contribution in [3.05, 3.63) is 0 Å². The number of ether oxygens (including phenoxy) is 3. The van der Waals surface area contributed by atoms with E-state index in [0.717, 1.165) is 25.9 Å². The van der Waals surface area contributed by atoms with Crippen LogP contribution in [0.1, 0.15) is 53.9 Å². The van der Waals surface area contributed by atoms with Gasteiger partial charge in [0.25, 0.3) is 0 Å². The van der Waals surface area contributed by atoms with E-state index in [1.165, 1.54) is 6.42 Å². The van der Waals surface area contributed by atoms with Crippen LogP contribution in [0.15, 0.2) is 0 Å². The van der Waals surface area contributed by atoms with E-state index in [1.54, 1.807) is 7.11 Å². The molecule has 0 aliphatic carbocycles. The van der Waals surface area contributed by atoms with Crippen LogP contribution in [0.3, 0.4) is 0 Å². The molecule has 150 valence electrons. The molecule has 2 rings (SSSR count). The van der Waals surface area contributed by atoms with Gasteiger partial charge in [-0.1, -0.05) is 0 Å². The number of likely N-dealkylation sites (tertiary alicyclic amines) is 2. The monoisotopic (exact) mass is 366 g/mol. The van der Waals surface area contributed by atoms with Crippen LogP contribution in [-0.4, -0.2) is 79.7 Å². The summed E-state index contributed by atoms with van der Waals surface area (Å²) in [5.41, 5.74) is 0. The molecule has 0 radical (unpaired) electrons. The average Bonchev–Trinajstić information content (AvgIpc) is 3.16. The summed E-state index contributed by atoms with van der Waals surface area (Å²) in [7, 11) is 3.96. The summed E-state index contributed by atoms with van der Waals surface area (Å²) >= 11 is 0. The molecular weight excluding hydrogens is 328 g/mol. The molecule has 0 aromatic rings. The van der Waals surface area contributed by atoms with Gasteiger partial charge in [-0.05, 0) is 73.4 Å². The molecule has 0 aromatic heterocycles. The van der Waals surface area contributed by atoms with Crippen molar-refractivity contribution in [1.82, 2.24) is 9.80 Å². The Hall–Kier alpha value is -0.800. The van der Waals surface area contributed by atoms with E-state index in [2.05, 4.69) is 63.4 Å². The fourth-order valence-corrected chi connectivity index (χ4v) is 4.22. The first-order valence-electron chi connectivity index (χ1n) is 10.1. The van der Waals surface area contributed by atoms with E-state index in [1.807, 2.05) is 0 Å². The van der Waals surface area contributed by atoms with Gasteiger partial charge in [0.05, 0.1) is 30.5 Å². The van der Waals surface area contributed by atoms with Crippen molar-refractivity contribution in [3.63, 3.8) is 0 Å². The Bertz CT molecular complexity index is 485. The van der Waals surface area contributed by atoms with Crippen LogP contribution in [0.4, 0.5) is 0 Å². The Morgan fingerprint density at radius 1 is 0.962 bits per heavy atom. The van der Waals surface area contributed by atoms with Crippen LogP contribution >= 0.6 is 0 Å². The van der Waals surface area contributed by atoms with E-state index in [9.17, 15) is 0 Å². The fourth-order valence-electron chi connectivity index (χ4n) is 4.22. The van der Waals surface area contributed by atoms with Crippen molar-refractivity contribution in [2.45, 2.75) is 96.5 Å². The minimum absolute atomic E-state index is 0.0499. The molecule has 2 fully saturated rings. The molecule has 2 heterocycles. The first-order valence-corrected chi connectivity index (χ1v) is 10.1. The SMILES string of the molecule is CO[C@H]1CCN(C#C[C@H](OC(C)C)[C@@H]2CCCN2C)[C@@H]1[C@H](C)OC(C)C. The summed E-state index contributed by atoms with van der Waals surface area (Å²) in [6, 6.07) is 3.97. The van der Waals surface area contributed by atoms with Crippen LogP contribution < -0.4 is 0 Å². The van der Waals surface area contributed by atoms with E-state index < -0.39 is 0 Å². The third kappa shape index (κ3) is 5.60. The van der Waals surface area contributed by atoms with Crippen LogP contribution in [0.5, 0.6) is 0 Å². The maximum Gasteiger partial charge on any atom is 0.135 e. The number of rotatable bonds is 7. The number of likely N-dealkylation sites (N-methyl/N-ethyl adjacent to an activating group) is 1. The second kappa shape index (κ2) is 9.94. The van der Waals surface area contributed by atoms with Crippen molar-refractivity contribution < 1.29 is 14.2 Å². The second-order valence-corrected chi connectivity index (χ2v) is 8.19. The smallest absolute Gasteiger partial charge is 0.135 e. The van der Waals surface area contributed by atoms with Crippen LogP contribution in [0.25, 0.3) is 0 Å². The maximum atomic E-state index is 6.17. The third-order valence-electron chi connectivity index (χ3n) is 5.36. The molecule has 0 amide bonds. The molecule has 5 heteroatoms. The molecule has 26 heavy (non-hydrogen) atoms. The van der Waals surface area contributed by atoms with E-state index in [4.69, 9.17) is 14.2 Å². The van der Waals surface area contributed by atoms with E-state index in [0.29, 0.717) is 6.04 Å². The largest absolute Gasteiger partial charge is 0.379 e. The summed E-state index contributed by atoms with van der Waals surface area (Å²) in [6.07, 6.45) is 3.92. The Balaban J connectivity index is 2.14. The zero-order valence-electron chi connectivity index (χ0n) is 17.7. The lowest BCUT2D eigenvalue weighted by Crippen LogP contribution is -2.44. The first-order chi connectivity index (χ1) is 12.3. The predicted octanol–water partition coefficient (Wildman–Crippen LogP) is 2.74. The minimum atomic E-state index is -0.0499. The Kier molecular flexibility index (Phi) is 8.22. The molecule has 2 saturated heterocycles. The van der Waals surface area contributed by atoms with Crippen molar-refractivity contribution in [2.75, 3.05) is 27.2 Å². The highest BCUT2D eigenvalue weighted by Crippen LogP contribution is 2.25. The van der Waals surface area contributed by atoms with Gasteiger partial charge in [-0.2, -0.15) is 0 Å². The molecule has 2 aliphatic heterocycles. The summed E-state index contributed by atoms with van der Waals surface area (Å²) in [4.78, 5) is 4.60. The van der Waals surface area contributed by atoms with Crippen LogP contribution in [-0.2, 0) is 14.2 Å². The standard InChI is InChI=1S/C21H38N2O3/c1-15(2)25-17(5)21-20(24-7)11-14-23(21)13-10-19(26-16(3)4)18-9-8-12-22(18)6/h15-21H,8-9,11-12,14H2,1-7H3/t17-,18-,19-,20-,21+/m0/s1. The predicted molar refractivity (Wildman–Crippen MR) is 105 cm³/mol. The van der Waals surface area contributed by atoms with Crippen LogP contribution in [0, 0.1) is 12.0 Å². The maximum absolute atomic E-state index is 6.17. The van der Waals surface area contributed by atoms with E-state index in [-0.39, 0.29) is 36.6 Å². The van der Waals surface area contributed by atoms with Gasteiger partial charge in [0.1, 0.15) is 6.10 Å². The van der Waals surface area contributed by atoms with Crippen molar-refractivity contribution in [2.24, 2.45) is 0 Å². The van der Waals surface area contributed by atoms with Crippen molar-refractivity contribution >= 4 is 0 Å². The quantitative estimate of drug-likeness (QED) is 0.647. The zero-order chi connectivity index (χ0) is 19.3. The molecule has 0 spiro atoms. The minimum Gasteiger partial charge on any atom is -0.379 e. The number of nitrogens with zero attached hydrogens (tertiary/aromatic N) is 2. The van der Waals surface area contributed by atoms with E-state index >= 15 is 0 Å². The first kappa shape index (κ1) is 21.5.